The molecule has 0 aliphatic carbocycles. The summed E-state index contributed by atoms with van der Waals surface area (Å²) in [5.74, 6) is 0.729. The van der Waals surface area contributed by atoms with E-state index in [9.17, 15) is 13.2 Å². The van der Waals surface area contributed by atoms with Crippen molar-refractivity contribution in [1.82, 2.24) is 0 Å². The maximum atomic E-state index is 13.3. The molecule has 0 heterocycles. The van der Waals surface area contributed by atoms with Gasteiger partial charge in [-0.1, -0.05) is 52.0 Å². The number of carbonyl (C=O) groups is 1. The molecule has 0 unspecified atom stereocenters. The zero-order chi connectivity index (χ0) is 25.0. The molecule has 1 amide bonds. The van der Waals surface area contributed by atoms with Gasteiger partial charge in [-0.3, -0.25) is 9.10 Å². The van der Waals surface area contributed by atoms with Gasteiger partial charge >= 0.3 is 0 Å². The van der Waals surface area contributed by atoms with E-state index in [1.54, 1.807) is 43.5 Å². The van der Waals surface area contributed by atoms with E-state index in [1.807, 2.05) is 18.2 Å². The lowest BCUT2D eigenvalue weighted by Crippen LogP contribution is -2.27. The van der Waals surface area contributed by atoms with Gasteiger partial charge < -0.3 is 10.1 Å². The number of sulfonamides is 1. The predicted octanol–water partition coefficient (Wildman–Crippen LogP) is 6.02. The van der Waals surface area contributed by atoms with Gasteiger partial charge in [-0.25, -0.2) is 8.42 Å². The first-order chi connectivity index (χ1) is 16.1. The Kier molecular flexibility index (Phi) is 7.67. The fraction of sp³-hybridized carbons (Fsp3) is 0.296. The summed E-state index contributed by atoms with van der Waals surface area (Å²) in [6.45, 7) is 8.32. The third-order valence-electron chi connectivity index (χ3n) is 5.80. The molecule has 0 atom stereocenters. The van der Waals surface area contributed by atoms with Gasteiger partial charge in [0.05, 0.1) is 17.7 Å². The summed E-state index contributed by atoms with van der Waals surface area (Å²) < 4.78 is 32.9. The number of nitrogens with zero attached hydrogens (tertiary/aromatic N) is 1. The Bertz CT molecular complexity index is 1240. The lowest BCUT2D eigenvalue weighted by molar-refractivity contribution is 0.102. The molecule has 6 nitrogen and oxygen atoms in total. The standard InChI is InChI=1S/C27H32N2O4S/c1-18(2)24-11-8-12-25(19(3)4)26(24)28-27(30)20-9-7-10-23(17-20)34(31,32)29(5)21-13-15-22(33-6)16-14-21/h7-19H,1-6H3,(H,28,30). The minimum atomic E-state index is -3.87. The van der Waals surface area contributed by atoms with Crippen LogP contribution in [0.15, 0.2) is 71.6 Å². The number of amides is 1. The van der Waals surface area contributed by atoms with Crippen LogP contribution in [0, 0.1) is 0 Å². The predicted molar refractivity (Wildman–Crippen MR) is 138 cm³/mol. The SMILES string of the molecule is COc1ccc(N(C)S(=O)(=O)c2cccc(C(=O)Nc3c(C(C)C)cccc3C(C)C)c2)cc1. The van der Waals surface area contributed by atoms with Crippen molar-refractivity contribution in [2.45, 2.75) is 44.4 Å². The summed E-state index contributed by atoms with van der Waals surface area (Å²) in [6.07, 6.45) is 0. The molecule has 3 aromatic rings. The molecule has 1 N–H and O–H groups in total. The highest BCUT2D eigenvalue weighted by Crippen LogP contribution is 2.33. The van der Waals surface area contributed by atoms with Crippen molar-refractivity contribution in [3.05, 3.63) is 83.4 Å². The monoisotopic (exact) mass is 480 g/mol. The smallest absolute Gasteiger partial charge is 0.264 e. The van der Waals surface area contributed by atoms with Crippen molar-refractivity contribution in [2.24, 2.45) is 0 Å². The molecule has 0 saturated carbocycles. The van der Waals surface area contributed by atoms with Crippen molar-refractivity contribution in [3.63, 3.8) is 0 Å². The fourth-order valence-corrected chi connectivity index (χ4v) is 5.01. The second kappa shape index (κ2) is 10.3. The first-order valence-electron chi connectivity index (χ1n) is 11.2. The molecule has 0 aliphatic rings. The van der Waals surface area contributed by atoms with Crippen molar-refractivity contribution in [2.75, 3.05) is 23.8 Å². The normalized spacial score (nSPS) is 11.5. The van der Waals surface area contributed by atoms with Crippen LogP contribution in [0.1, 0.15) is 61.0 Å². The molecular weight excluding hydrogens is 448 g/mol. The number of nitrogens with one attached hydrogen (secondary N) is 1. The number of para-hydroxylation sites is 1. The molecule has 0 bridgehead atoms. The van der Waals surface area contributed by atoms with Crippen LogP contribution in [0.2, 0.25) is 0 Å². The van der Waals surface area contributed by atoms with Crippen molar-refractivity contribution in [3.8, 4) is 5.75 Å². The van der Waals surface area contributed by atoms with E-state index in [4.69, 9.17) is 4.74 Å². The largest absolute Gasteiger partial charge is 0.497 e. The van der Waals surface area contributed by atoms with Crippen LogP contribution in [-0.4, -0.2) is 28.5 Å². The van der Waals surface area contributed by atoms with Gasteiger partial charge in [-0.15, -0.1) is 0 Å². The summed E-state index contributed by atoms with van der Waals surface area (Å²) in [6, 6.07) is 18.9. The van der Waals surface area contributed by atoms with Crippen molar-refractivity contribution >= 4 is 27.3 Å². The summed E-state index contributed by atoms with van der Waals surface area (Å²) >= 11 is 0. The summed E-state index contributed by atoms with van der Waals surface area (Å²) in [7, 11) is -0.836. The fourth-order valence-electron chi connectivity index (χ4n) is 3.77. The molecule has 7 heteroatoms. The Labute approximate surface area is 202 Å². The third-order valence-corrected chi connectivity index (χ3v) is 7.58. The number of benzene rings is 3. The Morgan fingerprint density at radius 2 is 1.44 bits per heavy atom. The van der Waals surface area contributed by atoms with Gasteiger partial charge in [0.2, 0.25) is 0 Å². The van der Waals surface area contributed by atoms with Gasteiger partial charge in [0, 0.05) is 18.3 Å². The highest BCUT2D eigenvalue weighted by molar-refractivity contribution is 7.92. The quantitative estimate of drug-likeness (QED) is 0.428. The Balaban J connectivity index is 1.93. The Morgan fingerprint density at radius 3 is 1.97 bits per heavy atom. The Hall–Kier alpha value is -3.32. The topological polar surface area (TPSA) is 75.7 Å². The number of anilines is 2. The van der Waals surface area contributed by atoms with Crippen molar-refractivity contribution in [1.29, 1.82) is 0 Å². The van der Waals surface area contributed by atoms with Crippen LogP contribution >= 0.6 is 0 Å². The van der Waals surface area contributed by atoms with Gasteiger partial charge in [0.15, 0.2) is 0 Å². The second-order valence-electron chi connectivity index (χ2n) is 8.77. The number of ether oxygens (including phenoxy) is 1. The maximum Gasteiger partial charge on any atom is 0.264 e. The minimum absolute atomic E-state index is 0.0414. The molecular formula is C27H32N2O4S. The molecule has 0 aromatic heterocycles. The molecule has 3 aromatic carbocycles. The average molecular weight is 481 g/mol. The molecule has 0 saturated heterocycles. The molecule has 34 heavy (non-hydrogen) atoms. The molecule has 0 aliphatic heterocycles. The number of methoxy groups -OCH3 is 1. The van der Waals surface area contributed by atoms with E-state index < -0.39 is 10.0 Å². The van der Waals surface area contributed by atoms with E-state index in [0.29, 0.717) is 11.4 Å². The van der Waals surface area contributed by atoms with Gasteiger partial charge in [-0.05, 0) is 65.4 Å². The number of hydrogen-bond acceptors (Lipinski definition) is 4. The second-order valence-corrected chi connectivity index (χ2v) is 10.7. The summed E-state index contributed by atoms with van der Waals surface area (Å²) in [5.41, 5.74) is 3.65. The highest BCUT2D eigenvalue weighted by Gasteiger charge is 2.23. The summed E-state index contributed by atoms with van der Waals surface area (Å²) in [4.78, 5) is 13.3. The lowest BCUT2D eigenvalue weighted by atomic mass is 9.92. The zero-order valence-corrected chi connectivity index (χ0v) is 21.3. The molecule has 3 rings (SSSR count). The van der Waals surface area contributed by atoms with E-state index in [2.05, 4.69) is 33.0 Å². The number of carbonyl (C=O) groups excluding carboxylic acids is 1. The zero-order valence-electron chi connectivity index (χ0n) is 20.5. The molecule has 0 radical (unpaired) electrons. The van der Waals surface area contributed by atoms with Gasteiger partial charge in [0.25, 0.3) is 15.9 Å². The van der Waals surface area contributed by atoms with Crippen LogP contribution in [0.25, 0.3) is 0 Å². The third kappa shape index (κ3) is 5.25. The minimum Gasteiger partial charge on any atom is -0.497 e. The van der Waals surface area contributed by atoms with E-state index >= 15 is 0 Å². The van der Waals surface area contributed by atoms with Crippen molar-refractivity contribution < 1.29 is 17.9 Å². The lowest BCUT2D eigenvalue weighted by Gasteiger charge is -2.21. The van der Waals surface area contributed by atoms with Crippen LogP contribution < -0.4 is 14.4 Å². The number of hydrogen-bond donors (Lipinski definition) is 1. The molecule has 0 fully saturated rings. The van der Waals surface area contributed by atoms with E-state index in [1.165, 1.54) is 23.5 Å². The maximum absolute atomic E-state index is 13.3. The van der Waals surface area contributed by atoms with Crippen LogP contribution in [-0.2, 0) is 10.0 Å². The summed E-state index contributed by atoms with van der Waals surface area (Å²) in [5, 5.41) is 3.05. The van der Waals surface area contributed by atoms with E-state index in [0.717, 1.165) is 16.8 Å². The van der Waals surface area contributed by atoms with Gasteiger partial charge in [-0.2, -0.15) is 0 Å². The highest BCUT2D eigenvalue weighted by atomic mass is 32.2. The molecule has 180 valence electrons. The Morgan fingerprint density at radius 1 is 0.882 bits per heavy atom. The van der Waals surface area contributed by atoms with Gasteiger partial charge in [0.1, 0.15) is 5.75 Å². The van der Waals surface area contributed by atoms with Crippen LogP contribution in [0.4, 0.5) is 11.4 Å². The van der Waals surface area contributed by atoms with Crippen LogP contribution in [0.3, 0.4) is 0 Å². The number of rotatable bonds is 8. The average Bonchev–Trinajstić information content (AvgIpc) is 2.83. The first-order valence-corrected chi connectivity index (χ1v) is 12.7. The first kappa shape index (κ1) is 25.3. The van der Waals surface area contributed by atoms with E-state index in [-0.39, 0.29) is 28.2 Å². The van der Waals surface area contributed by atoms with Crippen LogP contribution in [0.5, 0.6) is 5.75 Å². The molecule has 0 spiro atoms.